The van der Waals surface area contributed by atoms with Gasteiger partial charge in [-0.1, -0.05) is 0 Å². The van der Waals surface area contributed by atoms with E-state index < -0.39 is 0 Å². The van der Waals surface area contributed by atoms with E-state index in [1.165, 1.54) is 25.7 Å². The summed E-state index contributed by atoms with van der Waals surface area (Å²) in [5.74, 6) is 0. The first-order chi connectivity index (χ1) is 5.11. The molecular weight excluding hydrogens is 136 g/mol. The minimum Gasteiger partial charge on any atom is -0.328 e. The minimum absolute atomic E-state index is 0.526. The second-order valence-electron chi connectivity index (χ2n) is 4.69. The van der Waals surface area contributed by atoms with Crippen LogP contribution in [0.2, 0.25) is 0 Å². The van der Waals surface area contributed by atoms with Crippen molar-refractivity contribution in [2.45, 2.75) is 37.8 Å². The number of nitrogens with zero attached hydrogens (tertiary/aromatic N) is 1. The Kier molecular flexibility index (Phi) is 1.52. The lowest BCUT2D eigenvalue weighted by Crippen LogP contribution is -2.58. The van der Waals surface area contributed by atoms with Gasteiger partial charge in [0.1, 0.15) is 0 Å². The van der Waals surface area contributed by atoms with E-state index in [0.29, 0.717) is 11.5 Å². The summed E-state index contributed by atoms with van der Waals surface area (Å²) >= 11 is 0. The van der Waals surface area contributed by atoms with E-state index in [1.807, 2.05) is 0 Å². The van der Waals surface area contributed by atoms with Crippen molar-refractivity contribution in [3.63, 3.8) is 0 Å². The van der Waals surface area contributed by atoms with Crippen molar-refractivity contribution in [2.75, 3.05) is 14.1 Å². The SMILES string of the molecule is CN(C)C1CC2(CC(N)C2)C1. The third-order valence-corrected chi connectivity index (χ3v) is 3.46. The van der Waals surface area contributed by atoms with Gasteiger partial charge in [-0.25, -0.2) is 0 Å². The summed E-state index contributed by atoms with van der Waals surface area (Å²) in [4.78, 5) is 2.34. The van der Waals surface area contributed by atoms with Gasteiger partial charge in [0.15, 0.2) is 0 Å². The zero-order valence-corrected chi connectivity index (χ0v) is 7.51. The van der Waals surface area contributed by atoms with Crippen LogP contribution >= 0.6 is 0 Å². The van der Waals surface area contributed by atoms with Gasteiger partial charge < -0.3 is 10.6 Å². The van der Waals surface area contributed by atoms with Crippen molar-refractivity contribution in [3.05, 3.63) is 0 Å². The molecule has 0 saturated heterocycles. The molecule has 2 aliphatic carbocycles. The molecule has 0 heterocycles. The zero-order chi connectivity index (χ0) is 8.06. The fraction of sp³-hybridized carbons (Fsp3) is 1.00. The van der Waals surface area contributed by atoms with Crippen LogP contribution in [-0.2, 0) is 0 Å². The first-order valence-electron chi connectivity index (χ1n) is 4.53. The van der Waals surface area contributed by atoms with E-state index in [9.17, 15) is 0 Å². The van der Waals surface area contributed by atoms with Crippen LogP contribution in [0.4, 0.5) is 0 Å². The smallest absolute Gasteiger partial charge is 0.00998 e. The fourth-order valence-electron chi connectivity index (χ4n) is 2.69. The lowest BCUT2D eigenvalue weighted by Gasteiger charge is -2.58. The van der Waals surface area contributed by atoms with Gasteiger partial charge in [-0.05, 0) is 45.2 Å². The largest absolute Gasteiger partial charge is 0.328 e. The van der Waals surface area contributed by atoms with Crippen LogP contribution in [0.1, 0.15) is 25.7 Å². The lowest BCUT2D eigenvalue weighted by molar-refractivity contribution is -0.0513. The Morgan fingerprint density at radius 2 is 1.73 bits per heavy atom. The molecule has 64 valence electrons. The maximum atomic E-state index is 5.77. The van der Waals surface area contributed by atoms with Crippen LogP contribution in [0.25, 0.3) is 0 Å². The average Bonchev–Trinajstić information content (AvgIpc) is 1.73. The van der Waals surface area contributed by atoms with Gasteiger partial charge >= 0.3 is 0 Å². The van der Waals surface area contributed by atoms with E-state index in [4.69, 9.17) is 5.73 Å². The molecule has 0 unspecified atom stereocenters. The monoisotopic (exact) mass is 154 g/mol. The van der Waals surface area contributed by atoms with Crippen LogP contribution in [0.15, 0.2) is 0 Å². The summed E-state index contributed by atoms with van der Waals surface area (Å²) in [6.07, 6.45) is 5.37. The van der Waals surface area contributed by atoms with Crippen LogP contribution in [0.3, 0.4) is 0 Å². The van der Waals surface area contributed by atoms with E-state index in [2.05, 4.69) is 19.0 Å². The highest BCUT2D eigenvalue weighted by Crippen LogP contribution is 2.56. The molecule has 0 aliphatic heterocycles. The molecule has 2 rings (SSSR count). The van der Waals surface area contributed by atoms with Gasteiger partial charge in [-0.3, -0.25) is 0 Å². The third-order valence-electron chi connectivity index (χ3n) is 3.46. The molecule has 0 bridgehead atoms. The molecule has 0 amide bonds. The molecule has 0 aromatic heterocycles. The van der Waals surface area contributed by atoms with Gasteiger partial charge in [0.2, 0.25) is 0 Å². The first kappa shape index (κ1) is 7.56. The molecule has 2 nitrogen and oxygen atoms in total. The molecule has 1 spiro atoms. The first-order valence-corrected chi connectivity index (χ1v) is 4.53. The summed E-state index contributed by atoms with van der Waals surface area (Å²) in [5.41, 5.74) is 6.47. The summed E-state index contributed by atoms with van der Waals surface area (Å²) in [6, 6.07) is 1.38. The van der Waals surface area contributed by atoms with Crippen molar-refractivity contribution >= 4 is 0 Å². The van der Waals surface area contributed by atoms with Crippen LogP contribution < -0.4 is 5.73 Å². The highest BCUT2D eigenvalue weighted by Gasteiger charge is 2.52. The molecule has 0 aromatic rings. The van der Waals surface area contributed by atoms with E-state index >= 15 is 0 Å². The van der Waals surface area contributed by atoms with Crippen LogP contribution in [0, 0.1) is 5.41 Å². The van der Waals surface area contributed by atoms with Gasteiger partial charge in [0.25, 0.3) is 0 Å². The molecule has 2 fully saturated rings. The quantitative estimate of drug-likeness (QED) is 0.606. The maximum Gasteiger partial charge on any atom is 0.00998 e. The second-order valence-corrected chi connectivity index (χ2v) is 4.69. The van der Waals surface area contributed by atoms with Crippen molar-refractivity contribution in [3.8, 4) is 0 Å². The lowest BCUT2D eigenvalue weighted by atomic mass is 9.52. The van der Waals surface area contributed by atoms with Gasteiger partial charge in [-0.2, -0.15) is 0 Å². The normalized spacial score (nSPS) is 49.1. The topological polar surface area (TPSA) is 29.3 Å². The van der Waals surface area contributed by atoms with E-state index in [0.717, 1.165) is 6.04 Å². The Labute approximate surface area is 68.7 Å². The Hall–Kier alpha value is -0.0800. The molecule has 2 N–H and O–H groups in total. The molecule has 2 heteroatoms. The van der Waals surface area contributed by atoms with Crippen LogP contribution in [-0.4, -0.2) is 31.1 Å². The number of hydrogen-bond acceptors (Lipinski definition) is 2. The summed E-state index contributed by atoms with van der Waals surface area (Å²) in [6.45, 7) is 0. The van der Waals surface area contributed by atoms with Crippen molar-refractivity contribution in [1.29, 1.82) is 0 Å². The van der Waals surface area contributed by atoms with E-state index in [-0.39, 0.29) is 0 Å². The van der Waals surface area contributed by atoms with Crippen LogP contribution in [0.5, 0.6) is 0 Å². The standard InChI is InChI=1S/C9H18N2/c1-11(2)8-5-9(6-8)3-7(10)4-9/h7-8H,3-6,10H2,1-2H3. The molecule has 2 aliphatic rings. The Bertz CT molecular complexity index is 151. The minimum atomic E-state index is 0.526. The highest BCUT2D eigenvalue weighted by atomic mass is 15.1. The van der Waals surface area contributed by atoms with Crippen molar-refractivity contribution < 1.29 is 0 Å². The fourth-order valence-corrected chi connectivity index (χ4v) is 2.69. The van der Waals surface area contributed by atoms with Crippen molar-refractivity contribution in [2.24, 2.45) is 11.1 Å². The van der Waals surface area contributed by atoms with Gasteiger partial charge in [-0.15, -0.1) is 0 Å². The molecule has 11 heavy (non-hydrogen) atoms. The summed E-state index contributed by atoms with van der Waals surface area (Å²) in [7, 11) is 4.35. The molecular formula is C9H18N2. The molecule has 0 aromatic carbocycles. The van der Waals surface area contributed by atoms with Gasteiger partial charge in [0, 0.05) is 12.1 Å². The third kappa shape index (κ3) is 1.09. The summed E-state index contributed by atoms with van der Waals surface area (Å²) < 4.78 is 0. The predicted octanol–water partition coefficient (Wildman–Crippen LogP) is 0.818. The number of hydrogen-bond donors (Lipinski definition) is 1. The van der Waals surface area contributed by atoms with Crippen molar-refractivity contribution in [1.82, 2.24) is 4.90 Å². The van der Waals surface area contributed by atoms with Gasteiger partial charge in [0.05, 0.1) is 0 Å². The number of nitrogens with two attached hydrogens (primary N) is 1. The molecule has 2 saturated carbocycles. The molecule has 0 radical (unpaired) electrons. The zero-order valence-electron chi connectivity index (χ0n) is 7.51. The number of rotatable bonds is 1. The Morgan fingerprint density at radius 3 is 2.09 bits per heavy atom. The summed E-state index contributed by atoms with van der Waals surface area (Å²) in [5, 5.41) is 0. The average molecular weight is 154 g/mol. The predicted molar refractivity (Wildman–Crippen MR) is 46.4 cm³/mol. The highest BCUT2D eigenvalue weighted by molar-refractivity contribution is 5.06. The molecule has 0 atom stereocenters. The van der Waals surface area contributed by atoms with E-state index in [1.54, 1.807) is 0 Å². The maximum absolute atomic E-state index is 5.77. The Morgan fingerprint density at radius 1 is 1.18 bits per heavy atom. The Balaban J connectivity index is 1.80. The second kappa shape index (κ2) is 2.20.